The molecule has 0 aliphatic carbocycles. The lowest BCUT2D eigenvalue weighted by Gasteiger charge is -2.30. The Morgan fingerprint density at radius 2 is 2.25 bits per heavy atom. The normalized spacial score (nSPS) is 29.9. The molecule has 0 radical (unpaired) electrons. The van der Waals surface area contributed by atoms with Crippen molar-refractivity contribution in [2.75, 3.05) is 19.0 Å². The first-order chi connectivity index (χ1) is 9.52. The third-order valence-corrected chi connectivity index (χ3v) is 4.27. The van der Waals surface area contributed by atoms with Crippen molar-refractivity contribution in [3.05, 3.63) is 0 Å². The van der Waals surface area contributed by atoms with E-state index in [9.17, 15) is 14.4 Å². The topological polar surface area (TPSA) is 72.9 Å². The lowest BCUT2D eigenvalue weighted by molar-refractivity contribution is -0.141. The Hall–Kier alpha value is -1.30. The quantitative estimate of drug-likeness (QED) is 0.449. The van der Waals surface area contributed by atoms with E-state index in [1.165, 1.54) is 0 Å². The number of hydrogen-bond acceptors (Lipinski definition) is 5. The lowest BCUT2D eigenvalue weighted by atomic mass is 9.91. The lowest BCUT2D eigenvalue weighted by Crippen LogP contribution is -2.47. The molecule has 2 heterocycles. The van der Waals surface area contributed by atoms with Crippen molar-refractivity contribution in [2.45, 2.75) is 44.2 Å². The molecule has 20 heavy (non-hydrogen) atoms. The van der Waals surface area contributed by atoms with Crippen LogP contribution < -0.4 is 0 Å². The van der Waals surface area contributed by atoms with Gasteiger partial charge < -0.3 is 14.4 Å². The number of nitrogens with zero attached hydrogens (tertiary/aromatic N) is 1. The zero-order valence-corrected chi connectivity index (χ0v) is 12.1. The van der Waals surface area contributed by atoms with Crippen molar-refractivity contribution in [1.82, 2.24) is 4.90 Å². The molecule has 0 aromatic rings. The van der Waals surface area contributed by atoms with Crippen LogP contribution in [0.3, 0.4) is 0 Å². The molecule has 0 N–H and O–H groups in total. The number of ether oxygens (including phenoxy) is 2. The zero-order valence-electron chi connectivity index (χ0n) is 11.4. The number of rotatable bonds is 3. The average Bonchev–Trinajstić information content (AvgIpc) is 2.82. The molecule has 2 fully saturated rings. The monoisotopic (exact) mass is 303 g/mol. The highest BCUT2D eigenvalue weighted by Gasteiger charge is 2.50. The van der Waals surface area contributed by atoms with Gasteiger partial charge in [-0.05, 0) is 19.8 Å². The Bertz CT molecular complexity index is 427. The number of Topliss-reactive ketones (excluding diaryl/α,β-unsaturated/α-hetero) is 1. The van der Waals surface area contributed by atoms with E-state index >= 15 is 0 Å². The second-order valence-corrected chi connectivity index (χ2v) is 5.37. The van der Waals surface area contributed by atoms with Gasteiger partial charge in [-0.2, -0.15) is 0 Å². The highest BCUT2D eigenvalue weighted by molar-refractivity contribution is 6.21. The molecule has 2 rings (SSSR count). The fraction of sp³-hybridized carbons (Fsp3) is 0.769. The highest BCUT2D eigenvalue weighted by Crippen LogP contribution is 2.34. The molecule has 0 aromatic heterocycles. The molecule has 2 atom stereocenters. The van der Waals surface area contributed by atoms with Gasteiger partial charge in [-0.3, -0.25) is 9.59 Å². The van der Waals surface area contributed by atoms with Crippen molar-refractivity contribution >= 4 is 29.4 Å². The molecule has 1 amide bonds. The van der Waals surface area contributed by atoms with Gasteiger partial charge in [0.2, 0.25) is 5.91 Å². The maximum absolute atomic E-state index is 12.3. The van der Waals surface area contributed by atoms with Crippen LogP contribution in [0, 0.1) is 0 Å². The van der Waals surface area contributed by atoms with Crippen LogP contribution in [0.4, 0.5) is 4.79 Å². The van der Waals surface area contributed by atoms with E-state index in [4.69, 9.17) is 21.1 Å². The van der Waals surface area contributed by atoms with Gasteiger partial charge in [0.25, 0.3) is 0 Å². The van der Waals surface area contributed by atoms with Crippen LogP contribution in [0.1, 0.15) is 32.6 Å². The van der Waals surface area contributed by atoms with Crippen LogP contribution in [0.5, 0.6) is 0 Å². The second kappa shape index (κ2) is 5.99. The van der Waals surface area contributed by atoms with E-state index in [0.29, 0.717) is 6.54 Å². The van der Waals surface area contributed by atoms with E-state index in [1.807, 2.05) is 0 Å². The second-order valence-electron chi connectivity index (χ2n) is 5.10. The van der Waals surface area contributed by atoms with Gasteiger partial charge in [-0.1, -0.05) is 0 Å². The number of amides is 1. The minimum absolute atomic E-state index is 0.0953. The van der Waals surface area contributed by atoms with Crippen molar-refractivity contribution < 1.29 is 23.9 Å². The van der Waals surface area contributed by atoms with Crippen molar-refractivity contribution in [3.8, 4) is 0 Å². The van der Waals surface area contributed by atoms with Crippen LogP contribution in [-0.4, -0.2) is 53.4 Å². The largest absolute Gasteiger partial charge is 0.509 e. The van der Waals surface area contributed by atoms with Gasteiger partial charge in [0, 0.05) is 19.0 Å². The molecular weight excluding hydrogens is 286 g/mol. The van der Waals surface area contributed by atoms with Crippen LogP contribution >= 0.6 is 11.6 Å². The third kappa shape index (κ3) is 2.75. The Kier molecular flexibility index (Phi) is 4.52. The van der Waals surface area contributed by atoms with Crippen LogP contribution in [0.15, 0.2) is 0 Å². The summed E-state index contributed by atoms with van der Waals surface area (Å²) in [6, 6.07) is -0.0953. The summed E-state index contributed by atoms with van der Waals surface area (Å²) in [5.74, 6) is -0.820. The number of alkyl halides is 1. The summed E-state index contributed by atoms with van der Waals surface area (Å²) in [6.07, 6.45) is 0.745. The molecule has 6 nitrogen and oxygen atoms in total. The van der Waals surface area contributed by atoms with E-state index in [0.717, 1.165) is 12.8 Å². The molecule has 0 aromatic carbocycles. The molecule has 112 valence electrons. The van der Waals surface area contributed by atoms with Crippen LogP contribution in [0.25, 0.3) is 0 Å². The van der Waals surface area contributed by atoms with Gasteiger partial charge in [0.05, 0.1) is 18.9 Å². The van der Waals surface area contributed by atoms with Crippen molar-refractivity contribution in [3.63, 3.8) is 0 Å². The van der Waals surface area contributed by atoms with Crippen LogP contribution in [-0.2, 0) is 19.1 Å². The van der Waals surface area contributed by atoms with E-state index < -0.39 is 17.5 Å². The first-order valence-electron chi connectivity index (χ1n) is 6.77. The van der Waals surface area contributed by atoms with Gasteiger partial charge in [0.15, 0.2) is 11.4 Å². The highest BCUT2D eigenvalue weighted by atomic mass is 35.5. The van der Waals surface area contributed by atoms with E-state index in [-0.39, 0.29) is 37.3 Å². The molecule has 0 spiro atoms. The Morgan fingerprint density at radius 3 is 2.90 bits per heavy atom. The average molecular weight is 304 g/mol. The summed E-state index contributed by atoms with van der Waals surface area (Å²) in [4.78, 5) is 37.5. The maximum Gasteiger partial charge on any atom is 0.509 e. The smallest absolute Gasteiger partial charge is 0.435 e. The summed E-state index contributed by atoms with van der Waals surface area (Å²) in [7, 11) is 0. The SMILES string of the molecule is CCOC(=O)O[C@@]1(CCl)C[C@H]2CCCN2C(=O)CC1=O. The number of hydrogen-bond donors (Lipinski definition) is 0. The predicted molar refractivity (Wildman–Crippen MR) is 70.5 cm³/mol. The van der Waals surface area contributed by atoms with Gasteiger partial charge >= 0.3 is 6.16 Å². The minimum atomic E-state index is -1.45. The van der Waals surface area contributed by atoms with Crippen molar-refractivity contribution in [1.29, 1.82) is 0 Å². The summed E-state index contributed by atoms with van der Waals surface area (Å²) >= 11 is 5.90. The number of fused-ring (bicyclic) bond motifs is 1. The molecule has 0 unspecified atom stereocenters. The third-order valence-electron chi connectivity index (χ3n) is 3.84. The Labute approximate surface area is 122 Å². The molecule has 7 heteroatoms. The molecule has 0 saturated carbocycles. The first kappa shape index (κ1) is 15.1. The molecular formula is C13H18ClNO5. The molecule has 0 bridgehead atoms. The van der Waals surface area contributed by atoms with Gasteiger partial charge in [-0.15, -0.1) is 11.6 Å². The minimum Gasteiger partial charge on any atom is -0.435 e. The number of carbonyl (C=O) groups excluding carboxylic acids is 3. The molecule has 2 saturated heterocycles. The van der Waals surface area contributed by atoms with Crippen molar-refractivity contribution in [2.24, 2.45) is 0 Å². The fourth-order valence-electron chi connectivity index (χ4n) is 2.83. The van der Waals surface area contributed by atoms with Gasteiger partial charge in [-0.25, -0.2) is 4.79 Å². The molecule has 2 aliphatic heterocycles. The molecule has 2 aliphatic rings. The van der Waals surface area contributed by atoms with Gasteiger partial charge in [0.1, 0.15) is 0 Å². The Balaban J connectivity index is 2.23. The fourth-order valence-corrected chi connectivity index (χ4v) is 3.15. The zero-order chi connectivity index (χ0) is 14.8. The summed E-state index contributed by atoms with van der Waals surface area (Å²) < 4.78 is 9.92. The Morgan fingerprint density at radius 1 is 1.50 bits per heavy atom. The number of ketones is 1. The predicted octanol–water partition coefficient (Wildman–Crippen LogP) is 1.49. The number of carbonyl (C=O) groups is 3. The van der Waals surface area contributed by atoms with E-state index in [1.54, 1.807) is 11.8 Å². The summed E-state index contributed by atoms with van der Waals surface area (Å²) in [5, 5.41) is 0. The maximum atomic E-state index is 12.3. The standard InChI is InChI=1S/C13H18ClNO5/c1-2-19-12(18)20-13(8-14)7-9-4-3-5-15(9)11(17)6-10(13)16/h9H,2-8H2,1H3/t9-,13-/m1/s1. The summed E-state index contributed by atoms with van der Waals surface area (Å²) in [5.41, 5.74) is -1.45. The summed E-state index contributed by atoms with van der Waals surface area (Å²) in [6.45, 7) is 2.44. The van der Waals surface area contributed by atoms with Crippen LogP contribution in [0.2, 0.25) is 0 Å². The number of halogens is 1. The van der Waals surface area contributed by atoms with E-state index in [2.05, 4.69) is 0 Å². The first-order valence-corrected chi connectivity index (χ1v) is 7.30.